The highest BCUT2D eigenvalue weighted by atomic mass is 15.1. The SMILES string of the molecule is CC[C@@H](c1ccccc1)N(C)C. The molecule has 1 atom stereocenters. The third-order valence-corrected chi connectivity index (χ3v) is 2.19. The van der Waals surface area contributed by atoms with E-state index in [1.807, 2.05) is 0 Å². The van der Waals surface area contributed by atoms with Gasteiger partial charge in [0, 0.05) is 6.04 Å². The third kappa shape index (κ3) is 2.08. The summed E-state index contributed by atoms with van der Waals surface area (Å²) in [5, 5.41) is 0. The van der Waals surface area contributed by atoms with Crippen molar-refractivity contribution < 1.29 is 0 Å². The molecule has 0 N–H and O–H groups in total. The largest absolute Gasteiger partial charge is 0.302 e. The predicted octanol–water partition coefficient (Wildman–Crippen LogP) is 2.70. The van der Waals surface area contributed by atoms with Gasteiger partial charge in [-0.3, -0.25) is 0 Å². The highest BCUT2D eigenvalue weighted by Gasteiger charge is 2.09. The molecule has 1 rings (SSSR count). The fraction of sp³-hybridized carbons (Fsp3) is 0.455. The first kappa shape index (κ1) is 9.27. The second-order valence-corrected chi connectivity index (χ2v) is 3.30. The molecule has 0 unspecified atom stereocenters. The van der Waals surface area contributed by atoms with Crippen LogP contribution in [0.2, 0.25) is 0 Å². The fourth-order valence-electron chi connectivity index (χ4n) is 1.57. The standard InChI is InChI=1S/C11H17N/c1-4-11(12(2)3)10-8-6-5-7-9-10/h5-9,11H,4H2,1-3H3/t11-/m0/s1. The van der Waals surface area contributed by atoms with Crippen LogP contribution in [0.5, 0.6) is 0 Å². The molecule has 1 aromatic carbocycles. The molecule has 1 nitrogen and oxygen atoms in total. The van der Waals surface area contributed by atoms with Gasteiger partial charge >= 0.3 is 0 Å². The smallest absolute Gasteiger partial charge is 0.0339 e. The first-order valence-corrected chi connectivity index (χ1v) is 4.47. The molecule has 66 valence electrons. The normalized spacial score (nSPS) is 13.3. The van der Waals surface area contributed by atoms with Gasteiger partial charge in [0.25, 0.3) is 0 Å². The zero-order valence-corrected chi connectivity index (χ0v) is 8.12. The molecule has 12 heavy (non-hydrogen) atoms. The molecule has 0 bridgehead atoms. The molecular weight excluding hydrogens is 146 g/mol. The number of hydrogen-bond donors (Lipinski definition) is 0. The predicted molar refractivity (Wildman–Crippen MR) is 53.2 cm³/mol. The van der Waals surface area contributed by atoms with Crippen LogP contribution < -0.4 is 0 Å². The summed E-state index contributed by atoms with van der Waals surface area (Å²) in [6.45, 7) is 2.22. The van der Waals surface area contributed by atoms with Gasteiger partial charge in [-0.1, -0.05) is 37.3 Å². The van der Waals surface area contributed by atoms with Gasteiger partial charge in [-0.15, -0.1) is 0 Å². The van der Waals surface area contributed by atoms with E-state index in [0.29, 0.717) is 6.04 Å². The van der Waals surface area contributed by atoms with Crippen molar-refractivity contribution in [3.8, 4) is 0 Å². The number of benzene rings is 1. The molecule has 0 aliphatic rings. The maximum atomic E-state index is 2.26. The Kier molecular flexibility index (Phi) is 3.30. The summed E-state index contributed by atoms with van der Waals surface area (Å²) in [7, 11) is 4.25. The van der Waals surface area contributed by atoms with Crippen molar-refractivity contribution >= 4 is 0 Å². The van der Waals surface area contributed by atoms with Crippen molar-refractivity contribution in [3.05, 3.63) is 35.9 Å². The van der Waals surface area contributed by atoms with Crippen molar-refractivity contribution in [2.75, 3.05) is 14.1 Å². The molecule has 0 amide bonds. The second kappa shape index (κ2) is 4.27. The summed E-state index contributed by atoms with van der Waals surface area (Å²) >= 11 is 0. The van der Waals surface area contributed by atoms with Crippen LogP contribution in [-0.4, -0.2) is 19.0 Å². The summed E-state index contributed by atoms with van der Waals surface area (Å²) in [5.74, 6) is 0. The lowest BCUT2D eigenvalue weighted by Crippen LogP contribution is -2.18. The maximum absolute atomic E-state index is 2.26. The van der Waals surface area contributed by atoms with Crippen LogP contribution in [0.25, 0.3) is 0 Å². The van der Waals surface area contributed by atoms with Gasteiger partial charge in [-0.2, -0.15) is 0 Å². The number of nitrogens with zero attached hydrogens (tertiary/aromatic N) is 1. The Hall–Kier alpha value is -0.820. The Balaban J connectivity index is 2.80. The second-order valence-electron chi connectivity index (χ2n) is 3.30. The first-order chi connectivity index (χ1) is 5.75. The van der Waals surface area contributed by atoms with Crippen LogP contribution in [0.3, 0.4) is 0 Å². The lowest BCUT2D eigenvalue weighted by molar-refractivity contribution is 0.292. The summed E-state index contributed by atoms with van der Waals surface area (Å²) in [5.41, 5.74) is 1.41. The zero-order chi connectivity index (χ0) is 8.97. The van der Waals surface area contributed by atoms with Crippen molar-refractivity contribution in [3.63, 3.8) is 0 Å². The Labute approximate surface area is 75.0 Å². The molecule has 0 radical (unpaired) electrons. The zero-order valence-electron chi connectivity index (χ0n) is 8.12. The van der Waals surface area contributed by atoms with Crippen LogP contribution in [0.4, 0.5) is 0 Å². The minimum Gasteiger partial charge on any atom is -0.302 e. The lowest BCUT2D eigenvalue weighted by atomic mass is 10.0. The molecule has 0 aliphatic heterocycles. The van der Waals surface area contributed by atoms with Gasteiger partial charge < -0.3 is 4.90 Å². The minimum atomic E-state index is 0.561. The van der Waals surface area contributed by atoms with E-state index in [1.54, 1.807) is 0 Å². The Morgan fingerprint density at radius 3 is 2.17 bits per heavy atom. The first-order valence-electron chi connectivity index (χ1n) is 4.47. The van der Waals surface area contributed by atoms with E-state index in [-0.39, 0.29) is 0 Å². The van der Waals surface area contributed by atoms with Gasteiger partial charge in [0.1, 0.15) is 0 Å². The van der Waals surface area contributed by atoms with Crippen LogP contribution in [0.15, 0.2) is 30.3 Å². The van der Waals surface area contributed by atoms with Crippen LogP contribution in [0.1, 0.15) is 24.9 Å². The molecular formula is C11H17N. The molecule has 0 saturated carbocycles. The number of rotatable bonds is 3. The lowest BCUT2D eigenvalue weighted by Gasteiger charge is -2.22. The quantitative estimate of drug-likeness (QED) is 0.662. The molecule has 1 heteroatoms. The highest BCUT2D eigenvalue weighted by molar-refractivity contribution is 5.18. The molecule has 0 aliphatic carbocycles. The van der Waals surface area contributed by atoms with E-state index >= 15 is 0 Å². The fourth-order valence-corrected chi connectivity index (χ4v) is 1.57. The molecule has 0 heterocycles. The molecule has 0 fully saturated rings. The van der Waals surface area contributed by atoms with E-state index in [9.17, 15) is 0 Å². The van der Waals surface area contributed by atoms with E-state index in [1.165, 1.54) is 5.56 Å². The van der Waals surface area contributed by atoms with Gasteiger partial charge in [-0.25, -0.2) is 0 Å². The average molecular weight is 163 g/mol. The third-order valence-electron chi connectivity index (χ3n) is 2.19. The van der Waals surface area contributed by atoms with E-state index in [0.717, 1.165) is 6.42 Å². The minimum absolute atomic E-state index is 0.561. The van der Waals surface area contributed by atoms with Crippen LogP contribution >= 0.6 is 0 Å². The Morgan fingerprint density at radius 2 is 1.75 bits per heavy atom. The molecule has 1 aromatic rings. The van der Waals surface area contributed by atoms with Crippen molar-refractivity contribution in [2.24, 2.45) is 0 Å². The summed E-state index contributed by atoms with van der Waals surface area (Å²) in [4.78, 5) is 2.26. The Morgan fingerprint density at radius 1 is 1.17 bits per heavy atom. The van der Waals surface area contributed by atoms with Gasteiger partial charge in [0.15, 0.2) is 0 Å². The highest BCUT2D eigenvalue weighted by Crippen LogP contribution is 2.20. The molecule has 0 spiro atoms. The summed E-state index contributed by atoms with van der Waals surface area (Å²) in [6, 6.07) is 11.2. The van der Waals surface area contributed by atoms with Gasteiger partial charge in [-0.05, 0) is 26.1 Å². The maximum Gasteiger partial charge on any atom is 0.0339 e. The van der Waals surface area contributed by atoms with E-state index < -0.39 is 0 Å². The van der Waals surface area contributed by atoms with E-state index in [4.69, 9.17) is 0 Å². The van der Waals surface area contributed by atoms with Crippen LogP contribution in [0, 0.1) is 0 Å². The average Bonchev–Trinajstić information content (AvgIpc) is 2.07. The van der Waals surface area contributed by atoms with Crippen molar-refractivity contribution in [1.29, 1.82) is 0 Å². The Bertz CT molecular complexity index is 216. The monoisotopic (exact) mass is 163 g/mol. The summed E-state index contributed by atoms with van der Waals surface area (Å²) < 4.78 is 0. The van der Waals surface area contributed by atoms with Crippen LogP contribution in [-0.2, 0) is 0 Å². The van der Waals surface area contributed by atoms with Crippen molar-refractivity contribution in [1.82, 2.24) is 4.90 Å². The molecule has 0 saturated heterocycles. The number of hydrogen-bond acceptors (Lipinski definition) is 1. The van der Waals surface area contributed by atoms with Gasteiger partial charge in [0.2, 0.25) is 0 Å². The molecule has 0 aromatic heterocycles. The van der Waals surface area contributed by atoms with Crippen molar-refractivity contribution in [2.45, 2.75) is 19.4 Å². The van der Waals surface area contributed by atoms with E-state index in [2.05, 4.69) is 56.3 Å². The summed E-state index contributed by atoms with van der Waals surface area (Å²) in [6.07, 6.45) is 1.16. The topological polar surface area (TPSA) is 3.24 Å². The van der Waals surface area contributed by atoms with Gasteiger partial charge in [0.05, 0.1) is 0 Å².